The van der Waals surface area contributed by atoms with Gasteiger partial charge in [0, 0.05) is 6.54 Å². The third-order valence-electron chi connectivity index (χ3n) is 2.33. The number of carbonyl (C=O) groups excluding carboxylic acids is 1. The zero-order valence-electron chi connectivity index (χ0n) is 10.5. The molecule has 5 nitrogen and oxygen atoms in total. The summed E-state index contributed by atoms with van der Waals surface area (Å²) in [5, 5.41) is 11.6. The molecule has 0 aliphatic carbocycles. The fourth-order valence-electron chi connectivity index (χ4n) is 1.43. The Morgan fingerprint density at radius 2 is 2.00 bits per heavy atom. The molecule has 1 rings (SSSR count). The molecular weight excluding hydrogens is 260 g/mol. The molecule has 0 saturated carbocycles. The largest absolute Gasteiger partial charge is 0.361 e. The van der Waals surface area contributed by atoms with E-state index in [9.17, 15) is 4.79 Å². The Hall–Kier alpha value is -2.13. The van der Waals surface area contributed by atoms with Crippen LogP contribution < -0.4 is 16.2 Å². The van der Waals surface area contributed by atoms with E-state index in [1.807, 2.05) is 18.2 Å². The molecule has 100 valence electrons. The lowest BCUT2D eigenvalue weighted by molar-refractivity contribution is -0.120. The van der Waals surface area contributed by atoms with Crippen LogP contribution in [-0.4, -0.2) is 17.6 Å². The maximum absolute atomic E-state index is 11.0. The van der Waals surface area contributed by atoms with Crippen LogP contribution in [0.1, 0.15) is 18.4 Å². The molecule has 0 fully saturated rings. The lowest BCUT2D eigenvalue weighted by Crippen LogP contribution is -2.46. The molecule has 0 heterocycles. The minimum atomic E-state index is -0.407. The highest BCUT2D eigenvalue weighted by Gasteiger charge is 2.00. The first-order chi connectivity index (χ1) is 9.22. The Balaban J connectivity index is 2.08. The normalized spacial score (nSPS) is 9.21. The van der Waals surface area contributed by atoms with Crippen LogP contribution in [-0.2, 0) is 11.2 Å². The van der Waals surface area contributed by atoms with Crippen molar-refractivity contribution in [1.29, 1.82) is 5.26 Å². The van der Waals surface area contributed by atoms with E-state index in [1.165, 1.54) is 5.56 Å². The molecule has 19 heavy (non-hydrogen) atoms. The molecule has 0 radical (unpaired) electrons. The molecule has 3 N–H and O–H groups in total. The van der Waals surface area contributed by atoms with Crippen LogP contribution in [0.5, 0.6) is 0 Å². The molecule has 0 aliphatic rings. The number of aryl methyl sites for hydroxylation is 1. The molecule has 1 amide bonds. The van der Waals surface area contributed by atoms with Gasteiger partial charge in [-0.2, -0.15) is 5.26 Å². The monoisotopic (exact) mass is 276 g/mol. The van der Waals surface area contributed by atoms with Gasteiger partial charge in [0.25, 0.3) is 5.91 Å². The van der Waals surface area contributed by atoms with E-state index in [-0.39, 0.29) is 6.42 Å². The predicted octanol–water partition coefficient (Wildman–Crippen LogP) is 1.03. The Morgan fingerprint density at radius 3 is 2.68 bits per heavy atom. The number of carbonyl (C=O) groups is 1. The molecule has 0 bridgehead atoms. The zero-order chi connectivity index (χ0) is 13.9. The maximum atomic E-state index is 11.0. The van der Waals surface area contributed by atoms with Gasteiger partial charge in [-0.1, -0.05) is 30.3 Å². The van der Waals surface area contributed by atoms with Crippen molar-refractivity contribution in [2.24, 2.45) is 0 Å². The minimum absolute atomic E-state index is 0.191. The summed E-state index contributed by atoms with van der Waals surface area (Å²) >= 11 is 4.97. The van der Waals surface area contributed by atoms with Gasteiger partial charge in [0.1, 0.15) is 6.42 Å². The van der Waals surface area contributed by atoms with E-state index in [0.29, 0.717) is 5.11 Å². The van der Waals surface area contributed by atoms with Crippen molar-refractivity contribution in [3.63, 3.8) is 0 Å². The van der Waals surface area contributed by atoms with Gasteiger partial charge in [0.2, 0.25) is 0 Å². The summed E-state index contributed by atoms with van der Waals surface area (Å²) in [7, 11) is 0. The van der Waals surface area contributed by atoms with Gasteiger partial charge in [-0.25, -0.2) is 0 Å². The van der Waals surface area contributed by atoms with Crippen molar-refractivity contribution in [2.75, 3.05) is 6.54 Å². The Bertz CT molecular complexity index is 455. The van der Waals surface area contributed by atoms with Gasteiger partial charge in [-0.05, 0) is 30.6 Å². The first kappa shape index (κ1) is 14.9. The lowest BCUT2D eigenvalue weighted by Gasteiger charge is -2.10. The number of hydrogen-bond acceptors (Lipinski definition) is 3. The average Bonchev–Trinajstić information content (AvgIpc) is 2.43. The van der Waals surface area contributed by atoms with E-state index < -0.39 is 5.91 Å². The summed E-state index contributed by atoms with van der Waals surface area (Å²) in [5.74, 6) is -0.407. The summed E-state index contributed by atoms with van der Waals surface area (Å²) < 4.78 is 0. The van der Waals surface area contributed by atoms with Crippen molar-refractivity contribution in [2.45, 2.75) is 19.3 Å². The van der Waals surface area contributed by atoms with Crippen LogP contribution in [0.4, 0.5) is 0 Å². The number of nitrogens with one attached hydrogen (secondary N) is 3. The van der Waals surface area contributed by atoms with Crippen molar-refractivity contribution in [3.8, 4) is 6.07 Å². The molecule has 0 saturated heterocycles. The van der Waals surface area contributed by atoms with Crippen LogP contribution in [0.2, 0.25) is 0 Å². The molecule has 0 aliphatic heterocycles. The summed E-state index contributed by atoms with van der Waals surface area (Å²) in [6.07, 6.45) is 1.72. The second kappa shape index (κ2) is 8.89. The summed E-state index contributed by atoms with van der Waals surface area (Å²) in [5.41, 5.74) is 6.15. The van der Waals surface area contributed by atoms with Crippen molar-refractivity contribution < 1.29 is 4.79 Å². The molecule has 6 heteroatoms. The predicted molar refractivity (Wildman–Crippen MR) is 76.9 cm³/mol. The Labute approximate surface area is 118 Å². The van der Waals surface area contributed by atoms with Crippen LogP contribution in [0, 0.1) is 11.3 Å². The zero-order valence-corrected chi connectivity index (χ0v) is 11.3. The highest BCUT2D eigenvalue weighted by molar-refractivity contribution is 7.80. The fourth-order valence-corrected chi connectivity index (χ4v) is 1.58. The van der Waals surface area contributed by atoms with Crippen molar-refractivity contribution in [1.82, 2.24) is 16.2 Å². The van der Waals surface area contributed by atoms with E-state index in [2.05, 4.69) is 28.3 Å². The number of rotatable bonds is 5. The number of nitriles is 1. The summed E-state index contributed by atoms with van der Waals surface area (Å²) in [6, 6.07) is 11.9. The second-order valence-corrected chi connectivity index (χ2v) is 4.26. The number of thiocarbonyl (C=S) groups is 1. The van der Waals surface area contributed by atoms with Crippen molar-refractivity contribution >= 4 is 23.2 Å². The Morgan fingerprint density at radius 1 is 1.26 bits per heavy atom. The summed E-state index contributed by atoms with van der Waals surface area (Å²) in [4.78, 5) is 11.0. The van der Waals surface area contributed by atoms with Gasteiger partial charge < -0.3 is 5.32 Å². The number of benzene rings is 1. The second-order valence-electron chi connectivity index (χ2n) is 3.85. The number of amides is 1. The SMILES string of the molecule is N#CCC(=O)NNC(=S)NCCCc1ccccc1. The highest BCUT2D eigenvalue weighted by atomic mass is 32.1. The molecule has 1 aromatic carbocycles. The van der Waals surface area contributed by atoms with Crippen LogP contribution >= 0.6 is 12.2 Å². The quantitative estimate of drug-likeness (QED) is 0.425. The van der Waals surface area contributed by atoms with Gasteiger partial charge in [0.15, 0.2) is 5.11 Å². The standard InChI is InChI=1S/C13H16N4OS/c14-9-8-12(18)16-17-13(19)15-10-4-7-11-5-2-1-3-6-11/h1-3,5-6H,4,7-8,10H2,(H,16,18)(H2,15,17,19). The molecular formula is C13H16N4OS. The first-order valence-corrected chi connectivity index (χ1v) is 6.37. The van der Waals surface area contributed by atoms with E-state index in [4.69, 9.17) is 17.5 Å². The first-order valence-electron chi connectivity index (χ1n) is 5.96. The topological polar surface area (TPSA) is 77.0 Å². The highest BCUT2D eigenvalue weighted by Crippen LogP contribution is 2.01. The minimum Gasteiger partial charge on any atom is -0.361 e. The van der Waals surface area contributed by atoms with E-state index in [1.54, 1.807) is 6.07 Å². The van der Waals surface area contributed by atoms with Gasteiger partial charge in [-0.3, -0.25) is 15.6 Å². The van der Waals surface area contributed by atoms with Gasteiger partial charge >= 0.3 is 0 Å². The number of hydrogen-bond donors (Lipinski definition) is 3. The van der Waals surface area contributed by atoms with Gasteiger partial charge in [-0.15, -0.1) is 0 Å². The van der Waals surface area contributed by atoms with Crippen LogP contribution in [0.15, 0.2) is 30.3 Å². The molecule has 0 unspecified atom stereocenters. The van der Waals surface area contributed by atoms with Crippen LogP contribution in [0.25, 0.3) is 0 Å². The molecule has 1 aromatic rings. The molecule has 0 atom stereocenters. The van der Waals surface area contributed by atoms with Crippen molar-refractivity contribution in [3.05, 3.63) is 35.9 Å². The van der Waals surface area contributed by atoms with E-state index >= 15 is 0 Å². The third kappa shape index (κ3) is 7.01. The molecule has 0 aromatic heterocycles. The number of hydrazine groups is 1. The third-order valence-corrected chi connectivity index (χ3v) is 2.57. The van der Waals surface area contributed by atoms with E-state index in [0.717, 1.165) is 19.4 Å². The fraction of sp³-hybridized carbons (Fsp3) is 0.308. The van der Waals surface area contributed by atoms with Gasteiger partial charge in [0.05, 0.1) is 6.07 Å². The number of nitrogens with zero attached hydrogens (tertiary/aromatic N) is 1. The summed E-state index contributed by atoms with van der Waals surface area (Å²) in [6.45, 7) is 0.717. The lowest BCUT2D eigenvalue weighted by atomic mass is 10.1. The van der Waals surface area contributed by atoms with Crippen LogP contribution in [0.3, 0.4) is 0 Å². The average molecular weight is 276 g/mol. The molecule has 0 spiro atoms. The smallest absolute Gasteiger partial charge is 0.252 e. The Kier molecular flexibility index (Phi) is 6.98. The maximum Gasteiger partial charge on any atom is 0.252 e.